The van der Waals surface area contributed by atoms with Crippen LogP contribution in [0.4, 0.5) is 10.5 Å². The van der Waals surface area contributed by atoms with Gasteiger partial charge in [0.1, 0.15) is 6.10 Å². The molecule has 2 aromatic carbocycles. The highest BCUT2D eigenvalue weighted by Crippen LogP contribution is 2.13. The fourth-order valence-corrected chi connectivity index (χ4v) is 2.88. The second kappa shape index (κ2) is 9.39. The van der Waals surface area contributed by atoms with Crippen LogP contribution in [-0.2, 0) is 22.6 Å². The number of benzene rings is 2. The number of amides is 3. The van der Waals surface area contributed by atoms with E-state index in [-0.39, 0.29) is 18.0 Å². The van der Waals surface area contributed by atoms with Crippen LogP contribution < -0.4 is 16.0 Å². The SMILES string of the molecule is O=C(NCc1ccc(Cl)cc1)Nc1ccc(CNC(=O)[C@@H]2CCCO2)cc1. The Bertz CT molecular complexity index is 772. The number of halogens is 1. The zero-order valence-electron chi connectivity index (χ0n) is 14.8. The first-order chi connectivity index (χ1) is 13.1. The zero-order valence-corrected chi connectivity index (χ0v) is 15.6. The molecule has 1 heterocycles. The third-order valence-corrected chi connectivity index (χ3v) is 4.52. The van der Waals surface area contributed by atoms with Crippen molar-refractivity contribution in [2.24, 2.45) is 0 Å². The van der Waals surface area contributed by atoms with E-state index in [2.05, 4.69) is 16.0 Å². The predicted octanol–water partition coefficient (Wildman–Crippen LogP) is 3.46. The second-order valence-corrected chi connectivity index (χ2v) is 6.79. The lowest BCUT2D eigenvalue weighted by Crippen LogP contribution is -2.33. The van der Waals surface area contributed by atoms with Crippen molar-refractivity contribution in [3.63, 3.8) is 0 Å². The lowest BCUT2D eigenvalue weighted by Gasteiger charge is -2.11. The average Bonchev–Trinajstić information content (AvgIpc) is 3.22. The van der Waals surface area contributed by atoms with E-state index in [1.807, 2.05) is 24.3 Å². The zero-order chi connectivity index (χ0) is 19.1. The van der Waals surface area contributed by atoms with Gasteiger partial charge in [0.15, 0.2) is 0 Å². The van der Waals surface area contributed by atoms with Crippen molar-refractivity contribution in [1.82, 2.24) is 10.6 Å². The van der Waals surface area contributed by atoms with Crippen molar-refractivity contribution in [3.05, 3.63) is 64.7 Å². The van der Waals surface area contributed by atoms with Gasteiger partial charge in [0.25, 0.3) is 0 Å². The fourth-order valence-electron chi connectivity index (χ4n) is 2.75. The van der Waals surface area contributed by atoms with Gasteiger partial charge in [-0.1, -0.05) is 35.9 Å². The van der Waals surface area contributed by atoms with Crippen LogP contribution in [0.15, 0.2) is 48.5 Å². The average molecular weight is 388 g/mol. The maximum absolute atomic E-state index is 12.0. The van der Waals surface area contributed by atoms with E-state index in [9.17, 15) is 9.59 Å². The van der Waals surface area contributed by atoms with Crippen molar-refractivity contribution < 1.29 is 14.3 Å². The number of hydrogen-bond acceptors (Lipinski definition) is 3. The summed E-state index contributed by atoms with van der Waals surface area (Å²) in [5.41, 5.74) is 2.60. The molecule has 0 spiro atoms. The van der Waals surface area contributed by atoms with Gasteiger partial charge in [0.2, 0.25) is 5.91 Å². The molecule has 0 bridgehead atoms. The molecule has 7 heteroatoms. The Balaban J connectivity index is 1.42. The highest BCUT2D eigenvalue weighted by Gasteiger charge is 2.22. The third-order valence-electron chi connectivity index (χ3n) is 4.27. The smallest absolute Gasteiger partial charge is 0.319 e. The molecular formula is C20H22ClN3O3. The van der Waals surface area contributed by atoms with Gasteiger partial charge >= 0.3 is 6.03 Å². The second-order valence-electron chi connectivity index (χ2n) is 6.35. The largest absolute Gasteiger partial charge is 0.368 e. The molecule has 0 radical (unpaired) electrons. The van der Waals surface area contributed by atoms with Crippen molar-refractivity contribution in [3.8, 4) is 0 Å². The minimum absolute atomic E-state index is 0.0729. The Morgan fingerprint density at radius 2 is 1.59 bits per heavy atom. The number of nitrogens with one attached hydrogen (secondary N) is 3. The first-order valence-electron chi connectivity index (χ1n) is 8.88. The molecular weight excluding hydrogens is 366 g/mol. The molecule has 2 aromatic rings. The molecule has 1 fully saturated rings. The van der Waals surface area contributed by atoms with Gasteiger partial charge in [-0.2, -0.15) is 0 Å². The maximum atomic E-state index is 12.0. The maximum Gasteiger partial charge on any atom is 0.319 e. The number of urea groups is 1. The lowest BCUT2D eigenvalue weighted by molar-refractivity contribution is -0.130. The lowest BCUT2D eigenvalue weighted by atomic mass is 10.2. The number of anilines is 1. The first-order valence-corrected chi connectivity index (χ1v) is 9.25. The Kier molecular flexibility index (Phi) is 6.68. The van der Waals surface area contributed by atoms with Gasteiger partial charge in [-0.3, -0.25) is 4.79 Å². The summed E-state index contributed by atoms with van der Waals surface area (Å²) in [4.78, 5) is 23.9. The molecule has 27 heavy (non-hydrogen) atoms. The van der Waals surface area contributed by atoms with Crippen molar-refractivity contribution in [2.45, 2.75) is 32.0 Å². The van der Waals surface area contributed by atoms with Crippen molar-refractivity contribution in [1.29, 1.82) is 0 Å². The molecule has 0 unspecified atom stereocenters. The van der Waals surface area contributed by atoms with E-state index in [1.165, 1.54) is 0 Å². The summed E-state index contributed by atoms with van der Waals surface area (Å²) in [7, 11) is 0. The van der Waals surface area contributed by atoms with Crippen LogP contribution in [0, 0.1) is 0 Å². The Morgan fingerprint density at radius 1 is 0.963 bits per heavy atom. The van der Waals surface area contributed by atoms with Gasteiger partial charge in [-0.15, -0.1) is 0 Å². The standard InChI is InChI=1S/C20H22ClN3O3/c21-16-7-3-14(4-8-16)13-23-20(26)24-17-9-5-15(6-10-17)12-22-19(25)18-2-1-11-27-18/h3-10,18H,1-2,11-13H2,(H,22,25)(H2,23,24,26)/t18-/m0/s1. The number of hydrogen-bond donors (Lipinski definition) is 3. The first kappa shape index (κ1) is 19.2. The van der Waals surface area contributed by atoms with E-state index in [0.29, 0.717) is 30.4 Å². The van der Waals surface area contributed by atoms with Crippen LogP contribution in [0.5, 0.6) is 0 Å². The van der Waals surface area contributed by atoms with E-state index in [1.54, 1.807) is 24.3 Å². The summed E-state index contributed by atoms with van der Waals surface area (Å²) in [5.74, 6) is -0.0729. The van der Waals surface area contributed by atoms with Gasteiger partial charge < -0.3 is 20.7 Å². The van der Waals surface area contributed by atoms with Gasteiger partial charge in [-0.25, -0.2) is 4.79 Å². The van der Waals surface area contributed by atoms with Crippen LogP contribution in [0.1, 0.15) is 24.0 Å². The highest BCUT2D eigenvalue weighted by atomic mass is 35.5. The molecule has 142 valence electrons. The molecule has 0 saturated carbocycles. The minimum Gasteiger partial charge on any atom is -0.368 e. The van der Waals surface area contributed by atoms with Crippen LogP contribution in [0.2, 0.25) is 5.02 Å². The Morgan fingerprint density at radius 3 is 2.22 bits per heavy atom. The molecule has 0 aliphatic carbocycles. The normalized spacial score (nSPS) is 16.0. The summed E-state index contributed by atoms with van der Waals surface area (Å²) in [6.07, 6.45) is 1.38. The summed E-state index contributed by atoms with van der Waals surface area (Å²) < 4.78 is 5.35. The third kappa shape index (κ3) is 5.98. The molecule has 1 aliphatic heterocycles. The van der Waals surface area contributed by atoms with Crippen molar-refractivity contribution in [2.75, 3.05) is 11.9 Å². The van der Waals surface area contributed by atoms with E-state index < -0.39 is 0 Å². The van der Waals surface area contributed by atoms with Gasteiger partial charge in [0, 0.05) is 30.4 Å². The predicted molar refractivity (Wildman–Crippen MR) is 105 cm³/mol. The van der Waals surface area contributed by atoms with Gasteiger partial charge in [0.05, 0.1) is 0 Å². The summed E-state index contributed by atoms with van der Waals surface area (Å²) >= 11 is 5.84. The number of carbonyl (C=O) groups is 2. The molecule has 6 nitrogen and oxygen atoms in total. The van der Waals surface area contributed by atoms with Crippen LogP contribution in [0.25, 0.3) is 0 Å². The van der Waals surface area contributed by atoms with Crippen LogP contribution in [-0.4, -0.2) is 24.6 Å². The summed E-state index contributed by atoms with van der Waals surface area (Å²) in [5, 5.41) is 9.10. The quantitative estimate of drug-likeness (QED) is 0.710. The number of carbonyl (C=O) groups excluding carboxylic acids is 2. The molecule has 1 atom stereocenters. The van der Waals surface area contributed by atoms with E-state index in [4.69, 9.17) is 16.3 Å². The van der Waals surface area contributed by atoms with Crippen molar-refractivity contribution >= 4 is 29.2 Å². The topological polar surface area (TPSA) is 79.5 Å². The monoisotopic (exact) mass is 387 g/mol. The Labute approximate surface area is 163 Å². The van der Waals surface area contributed by atoms with E-state index >= 15 is 0 Å². The molecule has 1 saturated heterocycles. The fraction of sp³-hybridized carbons (Fsp3) is 0.300. The number of rotatable bonds is 6. The molecule has 1 aliphatic rings. The van der Waals surface area contributed by atoms with E-state index in [0.717, 1.165) is 24.0 Å². The molecule has 3 N–H and O–H groups in total. The summed E-state index contributed by atoms with van der Waals surface area (Å²) in [6, 6.07) is 14.3. The van der Waals surface area contributed by atoms with Crippen LogP contribution >= 0.6 is 11.6 Å². The summed E-state index contributed by atoms with van der Waals surface area (Å²) in [6.45, 7) is 1.50. The van der Waals surface area contributed by atoms with Gasteiger partial charge in [-0.05, 0) is 48.2 Å². The Hall–Kier alpha value is -2.57. The molecule has 0 aromatic heterocycles. The highest BCUT2D eigenvalue weighted by molar-refractivity contribution is 6.30. The molecule has 3 amide bonds. The number of ether oxygens (including phenoxy) is 1. The molecule has 3 rings (SSSR count). The minimum atomic E-state index is -0.324. The van der Waals surface area contributed by atoms with Crippen LogP contribution in [0.3, 0.4) is 0 Å².